The number of aromatic nitrogens is 1. The van der Waals surface area contributed by atoms with Crippen LogP contribution in [-0.4, -0.2) is 58.6 Å². The summed E-state index contributed by atoms with van der Waals surface area (Å²) in [6.07, 6.45) is 1.01. The first-order valence-corrected chi connectivity index (χ1v) is 7.91. The van der Waals surface area contributed by atoms with E-state index in [1.165, 1.54) is 10.6 Å². The fourth-order valence-corrected chi connectivity index (χ4v) is 3.74. The monoisotopic (exact) mass is 297 g/mol. The largest absolute Gasteiger partial charge is 0.480 e. The zero-order chi connectivity index (χ0) is 14.7. The Balaban J connectivity index is 1.99. The Morgan fingerprint density at radius 2 is 2.10 bits per heavy atom. The number of rotatable bonds is 4. The maximum Gasteiger partial charge on any atom is 0.317 e. The molecule has 1 fully saturated rings. The molecule has 1 saturated heterocycles. The molecule has 1 aromatic heterocycles. The molecule has 20 heavy (non-hydrogen) atoms. The first-order valence-electron chi connectivity index (χ1n) is 7.09. The van der Waals surface area contributed by atoms with Crippen molar-refractivity contribution in [2.75, 3.05) is 32.7 Å². The second-order valence-electron chi connectivity index (χ2n) is 5.41. The average molecular weight is 297 g/mol. The molecule has 1 atom stereocenters. The summed E-state index contributed by atoms with van der Waals surface area (Å²) < 4.78 is 0. The number of hydrogen-bond donors (Lipinski definition) is 1. The van der Waals surface area contributed by atoms with Crippen LogP contribution in [0.4, 0.5) is 0 Å². The molecule has 1 N–H and O–H groups in total. The number of nitrogens with zero attached hydrogens (tertiary/aromatic N) is 3. The summed E-state index contributed by atoms with van der Waals surface area (Å²) in [6, 6.07) is 0.310. The molecule has 1 aliphatic rings. The summed E-state index contributed by atoms with van der Waals surface area (Å²) in [4.78, 5) is 21.2. The third kappa shape index (κ3) is 3.77. The van der Waals surface area contributed by atoms with Crippen LogP contribution in [-0.2, 0) is 4.79 Å². The zero-order valence-corrected chi connectivity index (χ0v) is 13.2. The highest BCUT2D eigenvalue weighted by atomic mass is 32.1. The van der Waals surface area contributed by atoms with E-state index < -0.39 is 5.97 Å². The molecule has 0 aromatic carbocycles. The highest BCUT2D eigenvalue weighted by Gasteiger charge is 2.23. The molecule has 0 radical (unpaired) electrons. The van der Waals surface area contributed by atoms with Crippen molar-refractivity contribution in [2.24, 2.45) is 0 Å². The summed E-state index contributed by atoms with van der Waals surface area (Å²) in [6.45, 7) is 10.1. The third-order valence-corrected chi connectivity index (χ3v) is 4.77. The molecule has 0 spiro atoms. The molecule has 0 bridgehead atoms. The highest BCUT2D eigenvalue weighted by molar-refractivity contribution is 7.11. The van der Waals surface area contributed by atoms with Gasteiger partial charge < -0.3 is 5.11 Å². The Hall–Kier alpha value is -0.980. The fourth-order valence-electron chi connectivity index (χ4n) is 2.83. The summed E-state index contributed by atoms with van der Waals surface area (Å²) in [5, 5.41) is 10.0. The Bertz CT molecular complexity index is 475. The maximum absolute atomic E-state index is 10.8. The Morgan fingerprint density at radius 1 is 1.35 bits per heavy atom. The van der Waals surface area contributed by atoms with E-state index in [-0.39, 0.29) is 6.54 Å². The van der Waals surface area contributed by atoms with E-state index in [2.05, 4.69) is 23.7 Å². The minimum absolute atomic E-state index is 0.150. The minimum atomic E-state index is -0.738. The van der Waals surface area contributed by atoms with Crippen molar-refractivity contribution in [3.63, 3.8) is 0 Å². The van der Waals surface area contributed by atoms with E-state index in [1.54, 1.807) is 11.3 Å². The molecule has 1 aliphatic heterocycles. The lowest BCUT2D eigenvalue weighted by Gasteiger charge is -2.27. The smallest absolute Gasteiger partial charge is 0.317 e. The molecule has 6 heteroatoms. The molecule has 2 heterocycles. The van der Waals surface area contributed by atoms with Crippen molar-refractivity contribution < 1.29 is 9.90 Å². The third-order valence-electron chi connectivity index (χ3n) is 3.86. The van der Waals surface area contributed by atoms with Gasteiger partial charge in [-0.05, 0) is 27.2 Å². The standard InChI is InChI=1S/C14H23N3O2S/c1-10(14-11(2)20-12(3)15-14)17-6-4-5-16(7-8-17)9-13(18)19/h10H,4-9H2,1-3H3,(H,18,19). The van der Waals surface area contributed by atoms with Crippen LogP contribution >= 0.6 is 11.3 Å². The topological polar surface area (TPSA) is 56.7 Å². The predicted molar refractivity (Wildman–Crippen MR) is 80.3 cm³/mol. The van der Waals surface area contributed by atoms with E-state index >= 15 is 0 Å². The van der Waals surface area contributed by atoms with Gasteiger partial charge in [-0.15, -0.1) is 11.3 Å². The average Bonchev–Trinajstić information content (AvgIpc) is 2.58. The van der Waals surface area contributed by atoms with Crippen LogP contribution in [0.5, 0.6) is 0 Å². The van der Waals surface area contributed by atoms with Crippen molar-refractivity contribution in [1.82, 2.24) is 14.8 Å². The lowest BCUT2D eigenvalue weighted by Crippen LogP contribution is -2.35. The van der Waals surface area contributed by atoms with Crippen molar-refractivity contribution >= 4 is 17.3 Å². The lowest BCUT2D eigenvalue weighted by molar-refractivity contribution is -0.138. The SMILES string of the molecule is Cc1nc(C(C)N2CCCN(CC(=O)O)CC2)c(C)s1. The van der Waals surface area contributed by atoms with Crippen LogP contribution < -0.4 is 0 Å². The molecule has 0 amide bonds. The van der Waals surface area contributed by atoms with Gasteiger partial charge in [0.05, 0.1) is 23.3 Å². The Labute approximate surface area is 124 Å². The number of aryl methyl sites for hydroxylation is 2. The summed E-state index contributed by atoms with van der Waals surface area (Å²) in [5.41, 5.74) is 1.18. The second-order valence-corrected chi connectivity index (χ2v) is 6.82. The first-order chi connectivity index (χ1) is 9.47. The van der Waals surface area contributed by atoms with Crippen LogP contribution in [0.3, 0.4) is 0 Å². The second kappa shape index (κ2) is 6.65. The van der Waals surface area contributed by atoms with Gasteiger partial charge in [-0.3, -0.25) is 14.6 Å². The van der Waals surface area contributed by atoms with E-state index in [0.717, 1.165) is 37.6 Å². The van der Waals surface area contributed by atoms with Gasteiger partial charge in [0.25, 0.3) is 0 Å². The minimum Gasteiger partial charge on any atom is -0.480 e. The maximum atomic E-state index is 10.8. The first kappa shape index (κ1) is 15.4. The van der Waals surface area contributed by atoms with E-state index in [9.17, 15) is 4.79 Å². The van der Waals surface area contributed by atoms with Gasteiger partial charge >= 0.3 is 5.97 Å². The predicted octanol–water partition coefficient (Wildman–Crippen LogP) is 1.91. The molecule has 0 saturated carbocycles. The van der Waals surface area contributed by atoms with Crippen LogP contribution in [0.2, 0.25) is 0 Å². The molecule has 1 aromatic rings. The summed E-state index contributed by atoms with van der Waals surface area (Å²) >= 11 is 1.75. The van der Waals surface area contributed by atoms with Crippen molar-refractivity contribution in [1.29, 1.82) is 0 Å². The normalized spacial score (nSPS) is 19.8. The van der Waals surface area contributed by atoms with Crippen molar-refractivity contribution in [2.45, 2.75) is 33.2 Å². The molecule has 112 valence electrons. The van der Waals surface area contributed by atoms with Crippen LogP contribution in [0.25, 0.3) is 0 Å². The molecular formula is C14H23N3O2S. The van der Waals surface area contributed by atoms with Gasteiger partial charge in [0.1, 0.15) is 0 Å². The Kier molecular flexibility index (Phi) is 5.12. The van der Waals surface area contributed by atoms with Gasteiger partial charge in [0.15, 0.2) is 0 Å². The van der Waals surface area contributed by atoms with Gasteiger partial charge in [0, 0.05) is 31.1 Å². The molecule has 5 nitrogen and oxygen atoms in total. The van der Waals surface area contributed by atoms with Gasteiger partial charge in [-0.2, -0.15) is 0 Å². The molecule has 2 rings (SSSR count). The van der Waals surface area contributed by atoms with Crippen LogP contribution in [0, 0.1) is 13.8 Å². The molecule has 1 unspecified atom stereocenters. The zero-order valence-electron chi connectivity index (χ0n) is 12.4. The number of carboxylic acid groups (broad SMARTS) is 1. The van der Waals surface area contributed by atoms with Gasteiger partial charge in [-0.25, -0.2) is 4.98 Å². The molecule has 0 aliphatic carbocycles. The molecular weight excluding hydrogens is 274 g/mol. The van der Waals surface area contributed by atoms with E-state index in [4.69, 9.17) is 5.11 Å². The summed E-state index contributed by atoms with van der Waals surface area (Å²) in [7, 11) is 0. The van der Waals surface area contributed by atoms with Gasteiger partial charge in [0.2, 0.25) is 0 Å². The van der Waals surface area contributed by atoms with E-state index in [1.807, 2.05) is 11.8 Å². The Morgan fingerprint density at radius 3 is 2.70 bits per heavy atom. The van der Waals surface area contributed by atoms with Crippen LogP contribution in [0.1, 0.15) is 35.0 Å². The number of carboxylic acids is 1. The fraction of sp³-hybridized carbons (Fsp3) is 0.714. The number of aliphatic carboxylic acids is 1. The quantitative estimate of drug-likeness (QED) is 0.920. The number of hydrogen-bond acceptors (Lipinski definition) is 5. The lowest BCUT2D eigenvalue weighted by atomic mass is 10.2. The summed E-state index contributed by atoms with van der Waals surface area (Å²) in [5.74, 6) is -0.738. The van der Waals surface area contributed by atoms with Gasteiger partial charge in [-0.1, -0.05) is 0 Å². The van der Waals surface area contributed by atoms with E-state index in [0.29, 0.717) is 6.04 Å². The van der Waals surface area contributed by atoms with Crippen LogP contribution in [0.15, 0.2) is 0 Å². The number of thiazole rings is 1. The highest BCUT2D eigenvalue weighted by Crippen LogP contribution is 2.27. The number of carbonyl (C=O) groups is 1. The van der Waals surface area contributed by atoms with Crippen molar-refractivity contribution in [3.05, 3.63) is 15.6 Å². The van der Waals surface area contributed by atoms with Crippen molar-refractivity contribution in [3.8, 4) is 0 Å².